The van der Waals surface area contributed by atoms with Crippen molar-refractivity contribution < 1.29 is 34.2 Å². The Morgan fingerprint density at radius 1 is 0.571 bits per heavy atom. The van der Waals surface area contributed by atoms with Gasteiger partial charge in [-0.25, -0.2) is 0 Å². The van der Waals surface area contributed by atoms with Gasteiger partial charge in [-0.1, -0.05) is 109 Å². The van der Waals surface area contributed by atoms with Gasteiger partial charge in [0.25, 0.3) is 0 Å². The second-order valence-electron chi connectivity index (χ2n) is 13.0. The number of hydrogen-bond donors (Lipinski definition) is 2. The van der Waals surface area contributed by atoms with E-state index in [4.69, 9.17) is 0 Å². The van der Waals surface area contributed by atoms with Crippen LogP contribution in [0, 0.1) is 17.8 Å². The number of allylic oxidation sites excluding steroid dienone is 2. The maximum Gasteiger partial charge on any atom is 0.311 e. The van der Waals surface area contributed by atoms with Gasteiger partial charge in [-0.2, -0.15) is 0 Å². The van der Waals surface area contributed by atoms with Gasteiger partial charge in [-0.05, 0) is 52.4 Å². The van der Waals surface area contributed by atoms with E-state index in [1.165, 1.54) is 83.5 Å². The molecule has 42 heavy (non-hydrogen) atoms. The smallest absolute Gasteiger partial charge is 0.311 e. The Morgan fingerprint density at radius 3 is 1.26 bits per heavy atom. The number of aliphatic carboxylic acids is 3. The van der Waals surface area contributed by atoms with Crippen LogP contribution in [0.3, 0.4) is 0 Å². The quantitative estimate of drug-likeness (QED) is 0.0501. The molecule has 0 radical (unpaired) electrons. The summed E-state index contributed by atoms with van der Waals surface area (Å²) in [6, 6.07) is 0. The highest BCUT2D eigenvalue weighted by atomic mass is 16.4. The number of carbonyl (C=O) groups is 3. The molecule has 0 aliphatic heterocycles. The lowest BCUT2D eigenvalue weighted by molar-refractivity contribution is -0.934. The van der Waals surface area contributed by atoms with Crippen LogP contribution in [0.5, 0.6) is 0 Å². The summed E-state index contributed by atoms with van der Waals surface area (Å²) < 4.78 is 0.176. The Labute approximate surface area is 257 Å². The average Bonchev–Trinajstić information content (AvgIpc) is 2.93. The van der Waals surface area contributed by atoms with Gasteiger partial charge < -0.3 is 24.6 Å². The topological polar surface area (TPSA) is 115 Å². The van der Waals surface area contributed by atoms with E-state index >= 15 is 0 Å². The Hall–Kier alpha value is -1.89. The van der Waals surface area contributed by atoms with Crippen molar-refractivity contribution >= 4 is 17.9 Å². The Kier molecular flexibility index (Phi) is 24.4. The van der Waals surface area contributed by atoms with Crippen molar-refractivity contribution in [2.75, 3.05) is 26.2 Å². The summed E-state index contributed by atoms with van der Waals surface area (Å²) in [4.78, 5) is 34.8. The van der Waals surface area contributed by atoms with Crippen LogP contribution < -0.4 is 5.11 Å². The molecule has 0 aromatic heterocycles. The van der Waals surface area contributed by atoms with E-state index < -0.39 is 35.7 Å². The van der Waals surface area contributed by atoms with E-state index in [9.17, 15) is 29.7 Å². The van der Waals surface area contributed by atoms with E-state index in [1.54, 1.807) is 20.8 Å². The first-order valence-electron chi connectivity index (χ1n) is 17.2. The molecule has 0 spiro atoms. The first-order valence-corrected chi connectivity index (χ1v) is 17.2. The second kappa shape index (κ2) is 25.6. The molecule has 246 valence electrons. The van der Waals surface area contributed by atoms with E-state index in [0.717, 1.165) is 38.5 Å². The van der Waals surface area contributed by atoms with E-state index in [1.807, 2.05) is 0 Å². The van der Waals surface area contributed by atoms with Crippen LogP contribution in [0.4, 0.5) is 0 Å². The van der Waals surface area contributed by atoms with Crippen molar-refractivity contribution in [3.63, 3.8) is 0 Å². The van der Waals surface area contributed by atoms with Crippen molar-refractivity contribution in [2.45, 2.75) is 150 Å². The van der Waals surface area contributed by atoms with Gasteiger partial charge in [0, 0.05) is 11.9 Å². The van der Waals surface area contributed by atoms with Gasteiger partial charge in [0.05, 0.1) is 26.2 Å². The van der Waals surface area contributed by atoms with Crippen LogP contribution in [0.2, 0.25) is 0 Å². The van der Waals surface area contributed by atoms with Crippen molar-refractivity contribution in [2.24, 2.45) is 17.8 Å². The van der Waals surface area contributed by atoms with Crippen LogP contribution in [0.15, 0.2) is 12.2 Å². The number of nitrogens with zero attached hydrogens (tertiary/aromatic N) is 1. The van der Waals surface area contributed by atoms with E-state index in [0.29, 0.717) is 6.54 Å². The number of carboxylic acid groups (broad SMARTS) is 3. The number of unbranched alkanes of at least 4 members (excludes halogenated alkanes) is 17. The predicted molar refractivity (Wildman–Crippen MR) is 170 cm³/mol. The highest BCUT2D eigenvalue weighted by Crippen LogP contribution is 2.22. The van der Waals surface area contributed by atoms with Gasteiger partial charge in [0.1, 0.15) is 11.8 Å². The number of quaternary nitrogens is 1. The Morgan fingerprint density at radius 2 is 0.905 bits per heavy atom. The normalized spacial score (nSPS) is 15.3. The third-order valence-electron chi connectivity index (χ3n) is 8.62. The standard InChI is InChI=1S/C35H65NO6/c1-5-6-7-8-9-10-11-12-13-14-15-16-17-18-19-20-21-22-23-24-25-26-36(27-30(2)33(37)38,28-31(3)34(39)40)29-32(4)35(41)42/h19-20,30-32H,5-18,21-29H2,1-4H3,(H2-,37,38,39,40,41,42)/b20-19+. The number of rotatable bonds is 30. The molecule has 0 bridgehead atoms. The van der Waals surface area contributed by atoms with Crippen LogP contribution in [-0.2, 0) is 14.4 Å². The average molecular weight is 596 g/mol. The molecule has 0 aliphatic carbocycles. The summed E-state index contributed by atoms with van der Waals surface area (Å²) >= 11 is 0. The minimum absolute atomic E-state index is 0.176. The first kappa shape index (κ1) is 40.1. The molecule has 7 nitrogen and oxygen atoms in total. The first-order chi connectivity index (χ1) is 20.0. The molecular weight excluding hydrogens is 530 g/mol. The minimum Gasteiger partial charge on any atom is -0.550 e. The molecule has 2 N–H and O–H groups in total. The largest absolute Gasteiger partial charge is 0.550 e. The minimum atomic E-state index is -1.19. The number of hydrogen-bond acceptors (Lipinski definition) is 4. The Bertz CT molecular complexity index is 682. The van der Waals surface area contributed by atoms with Crippen LogP contribution in [0.1, 0.15) is 150 Å². The molecule has 3 atom stereocenters. The molecule has 7 heteroatoms. The summed E-state index contributed by atoms with van der Waals surface area (Å²) in [5.41, 5.74) is 0. The molecule has 0 aliphatic rings. The van der Waals surface area contributed by atoms with Crippen molar-refractivity contribution in [1.82, 2.24) is 0 Å². The molecule has 0 saturated carbocycles. The lowest BCUT2D eigenvalue weighted by Crippen LogP contribution is -2.58. The fourth-order valence-corrected chi connectivity index (χ4v) is 6.05. The molecular formula is C35H65NO6. The van der Waals surface area contributed by atoms with Crippen LogP contribution in [-0.4, -0.2) is 58.8 Å². The SMILES string of the molecule is CCCCCCCCCCCCCCC/C=C/CCCCCC[N+](CC(C)C(=O)[O-])(CC(C)C(=O)O)CC(C)C(=O)O. The third kappa shape index (κ3) is 21.8. The van der Waals surface area contributed by atoms with Crippen molar-refractivity contribution in [3.8, 4) is 0 Å². The molecule has 0 saturated heterocycles. The molecule has 0 amide bonds. The zero-order chi connectivity index (χ0) is 31.6. The fraction of sp³-hybridized carbons (Fsp3) is 0.857. The highest BCUT2D eigenvalue weighted by Gasteiger charge is 2.36. The van der Waals surface area contributed by atoms with E-state index in [-0.39, 0.29) is 24.1 Å². The van der Waals surface area contributed by atoms with Crippen LogP contribution >= 0.6 is 0 Å². The molecule has 3 unspecified atom stereocenters. The zero-order valence-corrected chi connectivity index (χ0v) is 27.6. The third-order valence-corrected chi connectivity index (χ3v) is 8.62. The second-order valence-corrected chi connectivity index (χ2v) is 13.0. The summed E-state index contributed by atoms with van der Waals surface area (Å²) in [6.07, 6.45) is 28.6. The lowest BCUT2D eigenvalue weighted by Gasteiger charge is -2.43. The highest BCUT2D eigenvalue weighted by molar-refractivity contribution is 5.70. The van der Waals surface area contributed by atoms with Gasteiger partial charge >= 0.3 is 11.9 Å². The Balaban J connectivity index is 4.24. The van der Waals surface area contributed by atoms with Crippen molar-refractivity contribution in [3.05, 3.63) is 12.2 Å². The summed E-state index contributed by atoms with van der Waals surface area (Å²) in [7, 11) is 0. The summed E-state index contributed by atoms with van der Waals surface area (Å²) in [5, 5.41) is 30.6. The van der Waals surface area contributed by atoms with Gasteiger partial charge in [0.2, 0.25) is 0 Å². The molecule has 0 rings (SSSR count). The maximum absolute atomic E-state index is 11.6. The van der Waals surface area contributed by atoms with Gasteiger partial charge in [-0.15, -0.1) is 0 Å². The number of carbonyl (C=O) groups excluding carboxylic acids is 1. The molecule has 0 aromatic carbocycles. The number of carboxylic acids is 3. The maximum atomic E-state index is 11.6. The van der Waals surface area contributed by atoms with Crippen molar-refractivity contribution in [1.29, 1.82) is 0 Å². The summed E-state index contributed by atoms with van der Waals surface area (Å²) in [6.45, 7) is 8.22. The lowest BCUT2D eigenvalue weighted by atomic mass is 10.0. The zero-order valence-electron chi connectivity index (χ0n) is 27.6. The monoisotopic (exact) mass is 595 g/mol. The fourth-order valence-electron chi connectivity index (χ4n) is 6.05. The van der Waals surface area contributed by atoms with Crippen LogP contribution in [0.25, 0.3) is 0 Å². The van der Waals surface area contributed by atoms with E-state index in [2.05, 4.69) is 19.1 Å². The predicted octanol–water partition coefficient (Wildman–Crippen LogP) is 7.62. The summed E-state index contributed by atoms with van der Waals surface area (Å²) in [5.74, 6) is -5.26. The molecule has 0 heterocycles. The molecule has 0 aromatic rings. The van der Waals surface area contributed by atoms with Gasteiger partial charge in [-0.3, -0.25) is 9.59 Å². The molecule has 0 fully saturated rings. The van der Waals surface area contributed by atoms with Gasteiger partial charge in [0.15, 0.2) is 0 Å².